The van der Waals surface area contributed by atoms with Crippen molar-refractivity contribution < 1.29 is 5.21 Å². The number of aryl methyl sites for hydroxylation is 1. The van der Waals surface area contributed by atoms with E-state index in [1.54, 1.807) is 6.20 Å². The summed E-state index contributed by atoms with van der Waals surface area (Å²) in [7, 11) is 2.02. The van der Waals surface area contributed by atoms with E-state index >= 15 is 0 Å². The minimum Gasteiger partial charge on any atom is -0.409 e. The number of aromatic nitrogens is 1. The van der Waals surface area contributed by atoms with Crippen molar-refractivity contribution in [3.8, 4) is 0 Å². The van der Waals surface area contributed by atoms with Gasteiger partial charge in [0.15, 0.2) is 5.84 Å². The standard InChI is InChI=1S/C15H25N5O/c1-4-20-9-5-6-12(20)10-19(3)15-13(14(16)18-21)11(2)7-8-17-15/h7-8,12,21H,4-6,9-10H2,1-3H3,(H2,16,18). The van der Waals surface area contributed by atoms with Gasteiger partial charge >= 0.3 is 0 Å². The van der Waals surface area contributed by atoms with E-state index in [9.17, 15) is 0 Å². The van der Waals surface area contributed by atoms with Crippen LogP contribution in [0.2, 0.25) is 0 Å². The fraction of sp³-hybridized carbons (Fsp3) is 0.600. The van der Waals surface area contributed by atoms with E-state index in [-0.39, 0.29) is 5.84 Å². The van der Waals surface area contributed by atoms with E-state index in [0.717, 1.165) is 24.5 Å². The van der Waals surface area contributed by atoms with Gasteiger partial charge in [0.05, 0.1) is 5.56 Å². The lowest BCUT2D eigenvalue weighted by atomic mass is 10.1. The Bertz CT molecular complexity index is 517. The highest BCUT2D eigenvalue weighted by atomic mass is 16.4. The van der Waals surface area contributed by atoms with Gasteiger partial charge in [0.25, 0.3) is 0 Å². The number of anilines is 1. The van der Waals surface area contributed by atoms with Crippen LogP contribution in [0, 0.1) is 6.92 Å². The number of nitrogens with zero attached hydrogens (tertiary/aromatic N) is 4. The average Bonchev–Trinajstić information content (AvgIpc) is 2.93. The SMILES string of the molecule is CCN1CCCC1CN(C)c1nccc(C)c1/C(N)=N/O. The monoisotopic (exact) mass is 291 g/mol. The third-order valence-electron chi connectivity index (χ3n) is 4.25. The molecule has 116 valence electrons. The Balaban J connectivity index is 2.23. The lowest BCUT2D eigenvalue weighted by Crippen LogP contribution is -2.39. The zero-order chi connectivity index (χ0) is 15.4. The molecular formula is C15H25N5O. The minimum atomic E-state index is 0.112. The van der Waals surface area contributed by atoms with Crippen molar-refractivity contribution in [2.24, 2.45) is 10.9 Å². The summed E-state index contributed by atoms with van der Waals surface area (Å²) in [5.41, 5.74) is 7.49. The molecule has 1 fully saturated rings. The van der Waals surface area contributed by atoms with Gasteiger partial charge in [-0.15, -0.1) is 0 Å². The molecule has 1 saturated heterocycles. The molecule has 2 rings (SSSR count). The van der Waals surface area contributed by atoms with Gasteiger partial charge in [0, 0.05) is 25.8 Å². The predicted octanol–water partition coefficient (Wildman–Crippen LogP) is 1.41. The molecule has 6 nitrogen and oxygen atoms in total. The Morgan fingerprint density at radius 2 is 2.38 bits per heavy atom. The molecule has 1 aliphatic rings. The molecule has 0 spiro atoms. The first-order valence-electron chi connectivity index (χ1n) is 7.47. The highest BCUT2D eigenvalue weighted by Gasteiger charge is 2.25. The Morgan fingerprint density at radius 1 is 1.62 bits per heavy atom. The summed E-state index contributed by atoms with van der Waals surface area (Å²) in [4.78, 5) is 9.04. The van der Waals surface area contributed by atoms with Crippen molar-refractivity contribution in [2.75, 3.05) is 31.6 Å². The molecule has 3 N–H and O–H groups in total. The van der Waals surface area contributed by atoms with Gasteiger partial charge in [-0.25, -0.2) is 4.98 Å². The molecule has 2 heterocycles. The van der Waals surface area contributed by atoms with Gasteiger partial charge < -0.3 is 15.8 Å². The summed E-state index contributed by atoms with van der Waals surface area (Å²) < 4.78 is 0. The van der Waals surface area contributed by atoms with Gasteiger partial charge in [-0.1, -0.05) is 12.1 Å². The van der Waals surface area contributed by atoms with Crippen molar-refractivity contribution >= 4 is 11.7 Å². The number of oxime groups is 1. The van der Waals surface area contributed by atoms with Crippen molar-refractivity contribution in [2.45, 2.75) is 32.7 Å². The molecule has 1 aromatic rings. The van der Waals surface area contributed by atoms with Crippen molar-refractivity contribution in [1.82, 2.24) is 9.88 Å². The second-order valence-electron chi connectivity index (χ2n) is 5.62. The molecule has 1 unspecified atom stereocenters. The van der Waals surface area contributed by atoms with E-state index in [1.807, 2.05) is 20.0 Å². The smallest absolute Gasteiger partial charge is 0.174 e. The first-order valence-corrected chi connectivity index (χ1v) is 7.47. The first-order chi connectivity index (χ1) is 10.1. The third-order valence-corrected chi connectivity index (χ3v) is 4.25. The summed E-state index contributed by atoms with van der Waals surface area (Å²) in [6.07, 6.45) is 4.23. The topological polar surface area (TPSA) is 78.0 Å². The summed E-state index contributed by atoms with van der Waals surface area (Å²) in [6.45, 7) is 7.29. The normalized spacial score (nSPS) is 20.0. The van der Waals surface area contributed by atoms with Crippen LogP contribution in [0.15, 0.2) is 17.4 Å². The number of nitrogens with two attached hydrogens (primary N) is 1. The predicted molar refractivity (Wildman–Crippen MR) is 85.0 cm³/mol. The number of hydrogen-bond donors (Lipinski definition) is 2. The lowest BCUT2D eigenvalue weighted by molar-refractivity contribution is 0.270. The maximum Gasteiger partial charge on any atom is 0.174 e. The Hall–Kier alpha value is -1.82. The fourth-order valence-electron chi connectivity index (χ4n) is 3.12. The number of likely N-dealkylation sites (N-methyl/N-ethyl adjacent to an activating group) is 2. The molecule has 1 atom stereocenters. The molecule has 0 bridgehead atoms. The minimum absolute atomic E-state index is 0.112. The summed E-state index contributed by atoms with van der Waals surface area (Å²) in [5.74, 6) is 0.884. The van der Waals surface area contributed by atoms with Gasteiger partial charge in [0.1, 0.15) is 5.82 Å². The fourth-order valence-corrected chi connectivity index (χ4v) is 3.12. The largest absolute Gasteiger partial charge is 0.409 e. The summed E-state index contributed by atoms with van der Waals surface area (Å²) in [5, 5.41) is 12.1. The molecule has 0 aliphatic carbocycles. The third kappa shape index (κ3) is 3.26. The van der Waals surface area contributed by atoms with Crippen LogP contribution in [0.4, 0.5) is 5.82 Å². The molecule has 21 heavy (non-hydrogen) atoms. The van der Waals surface area contributed by atoms with Crippen LogP contribution in [0.3, 0.4) is 0 Å². The van der Waals surface area contributed by atoms with E-state index < -0.39 is 0 Å². The first kappa shape index (κ1) is 15.6. The van der Waals surface area contributed by atoms with Crippen molar-refractivity contribution in [1.29, 1.82) is 0 Å². The van der Waals surface area contributed by atoms with Gasteiger partial charge in [-0.05, 0) is 44.5 Å². The number of pyridine rings is 1. The molecule has 0 amide bonds. The Morgan fingerprint density at radius 3 is 3.05 bits per heavy atom. The van der Waals surface area contributed by atoms with Crippen LogP contribution in [0.1, 0.15) is 30.9 Å². The maximum absolute atomic E-state index is 8.99. The number of amidine groups is 1. The molecule has 0 saturated carbocycles. The van der Waals surface area contributed by atoms with E-state index in [2.05, 4.69) is 26.9 Å². The van der Waals surface area contributed by atoms with Gasteiger partial charge in [-0.2, -0.15) is 0 Å². The summed E-state index contributed by atoms with van der Waals surface area (Å²) >= 11 is 0. The highest BCUT2D eigenvalue weighted by molar-refractivity contribution is 6.02. The van der Waals surface area contributed by atoms with E-state index in [0.29, 0.717) is 11.6 Å². The molecule has 1 aromatic heterocycles. The molecule has 6 heteroatoms. The van der Waals surface area contributed by atoms with E-state index in [4.69, 9.17) is 10.9 Å². The number of rotatable bonds is 5. The van der Waals surface area contributed by atoms with Gasteiger partial charge in [0.2, 0.25) is 0 Å². The van der Waals surface area contributed by atoms with Gasteiger partial charge in [-0.3, -0.25) is 4.90 Å². The molecule has 0 radical (unpaired) electrons. The van der Waals surface area contributed by atoms with Crippen LogP contribution in [0.5, 0.6) is 0 Å². The zero-order valence-electron chi connectivity index (χ0n) is 13.1. The van der Waals surface area contributed by atoms with Crippen LogP contribution in [-0.4, -0.2) is 53.7 Å². The number of likely N-dealkylation sites (tertiary alicyclic amines) is 1. The van der Waals surface area contributed by atoms with Crippen LogP contribution >= 0.6 is 0 Å². The van der Waals surface area contributed by atoms with Crippen LogP contribution in [0.25, 0.3) is 0 Å². The van der Waals surface area contributed by atoms with Crippen LogP contribution < -0.4 is 10.6 Å². The zero-order valence-corrected chi connectivity index (χ0v) is 13.1. The lowest BCUT2D eigenvalue weighted by Gasteiger charge is -2.29. The highest BCUT2D eigenvalue weighted by Crippen LogP contribution is 2.23. The second kappa shape index (κ2) is 6.76. The quantitative estimate of drug-likeness (QED) is 0.371. The Labute approximate surface area is 126 Å². The maximum atomic E-state index is 8.99. The molecule has 1 aliphatic heterocycles. The van der Waals surface area contributed by atoms with Crippen LogP contribution in [-0.2, 0) is 0 Å². The van der Waals surface area contributed by atoms with Crippen molar-refractivity contribution in [3.63, 3.8) is 0 Å². The van der Waals surface area contributed by atoms with E-state index in [1.165, 1.54) is 19.4 Å². The summed E-state index contributed by atoms with van der Waals surface area (Å²) in [6, 6.07) is 2.42. The number of hydrogen-bond acceptors (Lipinski definition) is 5. The molecular weight excluding hydrogens is 266 g/mol. The molecule has 0 aromatic carbocycles. The van der Waals surface area contributed by atoms with Crippen molar-refractivity contribution in [3.05, 3.63) is 23.4 Å². The second-order valence-corrected chi connectivity index (χ2v) is 5.62. The average molecular weight is 291 g/mol. The Kier molecular flexibility index (Phi) is 5.01.